The molecule has 1 rings (SSSR count). The zero-order chi connectivity index (χ0) is 15.5. The summed E-state index contributed by atoms with van der Waals surface area (Å²) in [5, 5.41) is 2.78. The molecule has 0 radical (unpaired) electrons. The molecule has 0 aliphatic heterocycles. The average molecular weight is 290 g/mol. The predicted octanol–water partition coefficient (Wildman–Crippen LogP) is 3.38. The maximum Gasteiger partial charge on any atom is 0.312 e. The summed E-state index contributed by atoms with van der Waals surface area (Å²) in [4.78, 5) is 11.0. The lowest BCUT2D eigenvalue weighted by Gasteiger charge is -2.17. The van der Waals surface area contributed by atoms with Crippen molar-refractivity contribution < 1.29 is 9.53 Å². The fraction of sp³-hybridized carbons (Fsp3) is 0.471. The first-order chi connectivity index (χ1) is 10.1. The predicted molar refractivity (Wildman–Crippen MR) is 85.9 cm³/mol. The van der Waals surface area contributed by atoms with Gasteiger partial charge in [-0.1, -0.05) is 42.0 Å². The standard InChI is InChI=1S/C17H26N2O2/c1-14(2)7-6-10-16(19-17(18)20)11-12-21-13-15-8-4-3-5-9-15/h3-5,7-9,16H,6,10-13H2,1-2H3,(H3,18,19,20)/t16-/m0/s1. The Hall–Kier alpha value is -1.81. The Morgan fingerprint density at radius 1 is 1.29 bits per heavy atom. The molecule has 4 heteroatoms. The summed E-state index contributed by atoms with van der Waals surface area (Å²) in [6.07, 6.45) is 4.75. The maximum absolute atomic E-state index is 11.0. The lowest BCUT2D eigenvalue weighted by molar-refractivity contribution is 0.111. The molecule has 2 amide bonds. The van der Waals surface area contributed by atoms with E-state index in [1.54, 1.807) is 0 Å². The molecule has 0 saturated heterocycles. The Morgan fingerprint density at radius 2 is 2.00 bits per heavy atom. The highest BCUT2D eigenvalue weighted by molar-refractivity contribution is 5.71. The zero-order valence-corrected chi connectivity index (χ0v) is 13.0. The van der Waals surface area contributed by atoms with Gasteiger partial charge < -0.3 is 15.8 Å². The van der Waals surface area contributed by atoms with Gasteiger partial charge in [-0.15, -0.1) is 0 Å². The van der Waals surface area contributed by atoms with Crippen LogP contribution in [0.5, 0.6) is 0 Å². The monoisotopic (exact) mass is 290 g/mol. The third-order valence-corrected chi connectivity index (χ3v) is 3.14. The van der Waals surface area contributed by atoms with E-state index in [-0.39, 0.29) is 6.04 Å². The van der Waals surface area contributed by atoms with Crippen LogP contribution >= 0.6 is 0 Å². The molecule has 1 aromatic carbocycles. The molecule has 0 aliphatic rings. The molecule has 4 nitrogen and oxygen atoms in total. The second-order valence-electron chi connectivity index (χ2n) is 5.39. The number of rotatable bonds is 9. The van der Waals surface area contributed by atoms with E-state index in [0.29, 0.717) is 13.2 Å². The topological polar surface area (TPSA) is 64.3 Å². The fourth-order valence-corrected chi connectivity index (χ4v) is 2.05. The second kappa shape index (κ2) is 10.00. The van der Waals surface area contributed by atoms with Crippen molar-refractivity contribution in [2.45, 2.75) is 45.8 Å². The number of carbonyl (C=O) groups is 1. The van der Waals surface area contributed by atoms with Crippen LogP contribution in [-0.2, 0) is 11.3 Å². The average Bonchev–Trinajstić information content (AvgIpc) is 2.43. The van der Waals surface area contributed by atoms with E-state index in [2.05, 4.69) is 25.2 Å². The van der Waals surface area contributed by atoms with E-state index in [9.17, 15) is 4.79 Å². The van der Waals surface area contributed by atoms with Crippen LogP contribution in [0.25, 0.3) is 0 Å². The van der Waals surface area contributed by atoms with Gasteiger partial charge in [-0.2, -0.15) is 0 Å². The molecule has 3 N–H and O–H groups in total. The van der Waals surface area contributed by atoms with Gasteiger partial charge in [0, 0.05) is 12.6 Å². The number of carbonyl (C=O) groups excluding carboxylic acids is 1. The number of nitrogens with one attached hydrogen (secondary N) is 1. The minimum Gasteiger partial charge on any atom is -0.377 e. The largest absolute Gasteiger partial charge is 0.377 e. The first kappa shape index (κ1) is 17.2. The van der Waals surface area contributed by atoms with Crippen LogP contribution in [0.3, 0.4) is 0 Å². The van der Waals surface area contributed by atoms with Crippen molar-refractivity contribution in [2.24, 2.45) is 5.73 Å². The van der Waals surface area contributed by atoms with Crippen molar-refractivity contribution >= 4 is 6.03 Å². The maximum atomic E-state index is 11.0. The Balaban J connectivity index is 2.28. The quantitative estimate of drug-likeness (QED) is 0.541. The Labute approximate surface area is 127 Å². The van der Waals surface area contributed by atoms with Crippen LogP contribution in [0.15, 0.2) is 42.0 Å². The van der Waals surface area contributed by atoms with Gasteiger partial charge in [0.05, 0.1) is 6.61 Å². The molecule has 0 unspecified atom stereocenters. The highest BCUT2D eigenvalue weighted by Crippen LogP contribution is 2.07. The van der Waals surface area contributed by atoms with Gasteiger partial charge >= 0.3 is 6.03 Å². The smallest absolute Gasteiger partial charge is 0.312 e. The van der Waals surface area contributed by atoms with Crippen LogP contribution in [0.4, 0.5) is 4.79 Å². The number of hydrogen-bond acceptors (Lipinski definition) is 2. The van der Waals surface area contributed by atoms with Gasteiger partial charge in [0.1, 0.15) is 0 Å². The number of hydrogen-bond donors (Lipinski definition) is 2. The third kappa shape index (κ3) is 8.87. The molecular formula is C17H26N2O2. The number of allylic oxidation sites excluding steroid dienone is 2. The molecule has 116 valence electrons. The molecular weight excluding hydrogens is 264 g/mol. The molecule has 0 fully saturated rings. The number of urea groups is 1. The SMILES string of the molecule is CC(C)=CCC[C@@H](CCOCc1ccccc1)NC(N)=O. The van der Waals surface area contributed by atoms with Crippen molar-refractivity contribution in [3.63, 3.8) is 0 Å². The summed E-state index contributed by atoms with van der Waals surface area (Å²) in [6.45, 7) is 5.34. The van der Waals surface area contributed by atoms with E-state index >= 15 is 0 Å². The lowest BCUT2D eigenvalue weighted by Crippen LogP contribution is -2.39. The minimum absolute atomic E-state index is 0.0638. The summed E-state index contributed by atoms with van der Waals surface area (Å²) in [5.74, 6) is 0. The Morgan fingerprint density at radius 3 is 2.62 bits per heavy atom. The molecule has 0 heterocycles. The number of ether oxygens (including phenoxy) is 1. The van der Waals surface area contributed by atoms with Crippen LogP contribution in [0.1, 0.15) is 38.7 Å². The van der Waals surface area contributed by atoms with Crippen LogP contribution in [-0.4, -0.2) is 18.7 Å². The van der Waals surface area contributed by atoms with Crippen molar-refractivity contribution in [2.75, 3.05) is 6.61 Å². The number of amides is 2. The summed E-state index contributed by atoms with van der Waals surface area (Å²) < 4.78 is 5.65. The van der Waals surface area contributed by atoms with Gasteiger partial charge in [-0.05, 0) is 38.7 Å². The summed E-state index contributed by atoms with van der Waals surface area (Å²) in [6, 6.07) is 9.64. The van der Waals surface area contributed by atoms with Crippen LogP contribution in [0, 0.1) is 0 Å². The zero-order valence-electron chi connectivity index (χ0n) is 13.0. The molecule has 0 spiro atoms. The Bertz CT molecular complexity index is 439. The van der Waals surface area contributed by atoms with E-state index in [4.69, 9.17) is 10.5 Å². The van der Waals surface area contributed by atoms with Gasteiger partial charge in [-0.3, -0.25) is 0 Å². The summed E-state index contributed by atoms with van der Waals surface area (Å²) in [7, 11) is 0. The molecule has 21 heavy (non-hydrogen) atoms. The van der Waals surface area contributed by atoms with Gasteiger partial charge in [0.25, 0.3) is 0 Å². The van der Waals surface area contributed by atoms with Crippen molar-refractivity contribution in [1.82, 2.24) is 5.32 Å². The highest BCUT2D eigenvalue weighted by Gasteiger charge is 2.09. The summed E-state index contributed by atoms with van der Waals surface area (Å²) >= 11 is 0. The first-order valence-corrected chi connectivity index (χ1v) is 7.39. The molecule has 1 atom stereocenters. The Kier molecular flexibility index (Phi) is 8.21. The number of benzene rings is 1. The van der Waals surface area contributed by atoms with Gasteiger partial charge in [0.2, 0.25) is 0 Å². The molecule has 0 bridgehead atoms. The van der Waals surface area contributed by atoms with Gasteiger partial charge in [0.15, 0.2) is 0 Å². The molecule has 0 aromatic heterocycles. The minimum atomic E-state index is -0.472. The molecule has 1 aromatic rings. The van der Waals surface area contributed by atoms with Gasteiger partial charge in [-0.25, -0.2) is 4.79 Å². The molecule has 0 aliphatic carbocycles. The van der Waals surface area contributed by atoms with E-state index in [1.165, 1.54) is 5.57 Å². The van der Waals surface area contributed by atoms with Crippen molar-refractivity contribution in [3.8, 4) is 0 Å². The van der Waals surface area contributed by atoms with E-state index in [0.717, 1.165) is 24.8 Å². The third-order valence-electron chi connectivity index (χ3n) is 3.14. The second-order valence-corrected chi connectivity index (χ2v) is 5.39. The van der Waals surface area contributed by atoms with E-state index in [1.807, 2.05) is 30.3 Å². The number of nitrogens with two attached hydrogens (primary N) is 1. The van der Waals surface area contributed by atoms with Crippen molar-refractivity contribution in [3.05, 3.63) is 47.5 Å². The first-order valence-electron chi connectivity index (χ1n) is 7.39. The summed E-state index contributed by atoms with van der Waals surface area (Å²) in [5.41, 5.74) is 7.65. The lowest BCUT2D eigenvalue weighted by atomic mass is 10.1. The van der Waals surface area contributed by atoms with Crippen LogP contribution in [0.2, 0.25) is 0 Å². The fourth-order valence-electron chi connectivity index (χ4n) is 2.05. The van der Waals surface area contributed by atoms with Crippen LogP contribution < -0.4 is 11.1 Å². The molecule has 0 saturated carbocycles. The highest BCUT2D eigenvalue weighted by atomic mass is 16.5. The van der Waals surface area contributed by atoms with Crippen molar-refractivity contribution in [1.29, 1.82) is 0 Å². The number of primary amides is 1. The van der Waals surface area contributed by atoms with E-state index < -0.39 is 6.03 Å². The normalized spacial score (nSPS) is 11.7.